The van der Waals surface area contributed by atoms with E-state index in [1.54, 1.807) is 13.8 Å². The molecule has 27 heteroatoms. The highest BCUT2D eigenvalue weighted by atomic mass is 16.7. The monoisotopic (exact) mass is 1130 g/mol. The summed E-state index contributed by atoms with van der Waals surface area (Å²) in [6, 6.07) is -2.64. The third-order valence-corrected chi connectivity index (χ3v) is 14.5. The molecule has 5 heterocycles. The number of carbonyl (C=O) groups is 5. The molecular formula is C52H81N5O22. The number of nitrogens with zero attached hydrogens (tertiary/aromatic N) is 3. The van der Waals surface area contributed by atoms with Gasteiger partial charge in [-0.15, -0.1) is 0 Å². The summed E-state index contributed by atoms with van der Waals surface area (Å²) in [5.74, 6) is -5.70. The maximum absolute atomic E-state index is 14.7. The Balaban J connectivity index is 1.34. The van der Waals surface area contributed by atoms with E-state index in [-0.39, 0.29) is 25.8 Å². The van der Waals surface area contributed by atoms with Gasteiger partial charge in [0.25, 0.3) is 5.56 Å². The van der Waals surface area contributed by atoms with Gasteiger partial charge in [-0.1, -0.05) is 51.0 Å². The number of aromatic amines is 1. The topological polar surface area (TPSA) is 366 Å². The van der Waals surface area contributed by atoms with Crippen LogP contribution in [-0.4, -0.2) is 227 Å². The fourth-order valence-electron chi connectivity index (χ4n) is 10.3. The minimum Gasteiger partial charge on any atom is -0.480 e. The number of nitrogens with two attached hydrogens (primary N) is 1. The van der Waals surface area contributed by atoms with Crippen molar-refractivity contribution in [3.05, 3.63) is 57.4 Å². The Morgan fingerprint density at radius 2 is 1.47 bits per heavy atom. The number of nitrogens with one attached hydrogen (secondary N) is 1. The molecule has 1 amide bonds. The Bertz CT molecular complexity index is 2330. The first kappa shape index (κ1) is 64.8. The van der Waals surface area contributed by atoms with Gasteiger partial charge in [0, 0.05) is 66.6 Å². The second kappa shape index (κ2) is 30.7. The van der Waals surface area contributed by atoms with E-state index >= 15 is 0 Å². The standard InChI is InChI=1S/C52H81N5O22/c1-9-10-11-12-13-14-15-16-17-18-19-29(74-33(59)22-27(2)23-34(60)77-51-46(72-8)45(71-7)42(70-6)28(3)73-51)24-35(61)75-31-26-55(4)37(47(66)56(5)36(31)49(67)68)43(79-50-41(65)38(62)30(25-53)76-50)44-39(63)40(64)48(78-44)57-21-20-32(58)54-52(57)69/h13-14,16-17,20-21,27-31,36-46,48,50-51,62-65H,9-12,15,18-19,22-26,53H2,1-8H3,(H,67,68)(H,54,58,69). The molecule has 0 radical (unpaired) electrons. The van der Waals surface area contributed by atoms with Crippen molar-refractivity contribution in [2.24, 2.45) is 11.7 Å². The van der Waals surface area contributed by atoms with E-state index < -0.39 is 170 Å². The Hall–Kier alpha value is -5.01. The number of carbonyl (C=O) groups excluding carboxylic acids is 4. The van der Waals surface area contributed by atoms with Gasteiger partial charge in [-0.25, -0.2) is 9.59 Å². The molecule has 19 unspecified atom stereocenters. The molecule has 8 N–H and O–H groups in total. The van der Waals surface area contributed by atoms with Crippen molar-refractivity contribution in [1.82, 2.24) is 19.4 Å². The van der Waals surface area contributed by atoms with Crippen molar-refractivity contribution in [2.45, 2.75) is 195 Å². The molecule has 4 fully saturated rings. The van der Waals surface area contributed by atoms with Crippen LogP contribution >= 0.6 is 0 Å². The smallest absolute Gasteiger partial charge is 0.330 e. The quantitative estimate of drug-likeness (QED) is 0.0229. The maximum Gasteiger partial charge on any atom is 0.330 e. The van der Waals surface area contributed by atoms with Crippen molar-refractivity contribution in [1.29, 1.82) is 0 Å². The minimum atomic E-state index is -1.97. The zero-order valence-corrected chi connectivity index (χ0v) is 46.0. The number of ether oxygens (including phenoxy) is 10. The number of rotatable bonds is 28. The molecule has 19 atom stereocenters. The van der Waals surface area contributed by atoms with Gasteiger partial charge in [-0.2, -0.15) is 0 Å². The first-order chi connectivity index (χ1) is 37.6. The number of hydrogen-bond donors (Lipinski definition) is 7. The summed E-state index contributed by atoms with van der Waals surface area (Å²) in [6.45, 7) is 4.68. The summed E-state index contributed by atoms with van der Waals surface area (Å²) in [5, 5.41) is 55.1. The van der Waals surface area contributed by atoms with Crippen LogP contribution in [0.3, 0.4) is 0 Å². The van der Waals surface area contributed by atoms with Crippen LogP contribution in [0.2, 0.25) is 0 Å². The molecule has 0 bridgehead atoms. The maximum atomic E-state index is 14.7. The molecule has 1 aromatic rings. The molecule has 1 aromatic heterocycles. The van der Waals surface area contributed by atoms with Crippen LogP contribution in [-0.2, 0) is 71.3 Å². The molecular weight excluding hydrogens is 1050 g/mol. The third kappa shape index (κ3) is 16.8. The molecule has 0 aromatic carbocycles. The number of unbranched alkanes of at least 4 members (excludes halogenated alkanes) is 3. The lowest BCUT2D eigenvalue weighted by Crippen LogP contribution is -2.59. The van der Waals surface area contributed by atoms with Crippen LogP contribution in [0.5, 0.6) is 0 Å². The van der Waals surface area contributed by atoms with Crippen LogP contribution in [0.25, 0.3) is 0 Å². The first-order valence-corrected chi connectivity index (χ1v) is 26.6. The van der Waals surface area contributed by atoms with E-state index in [4.69, 9.17) is 53.1 Å². The average molecular weight is 1130 g/mol. The number of carboxylic acids is 1. The molecule has 4 aliphatic heterocycles. The van der Waals surface area contributed by atoms with E-state index in [9.17, 15) is 59.1 Å². The van der Waals surface area contributed by atoms with E-state index in [0.29, 0.717) is 12.8 Å². The van der Waals surface area contributed by atoms with Gasteiger partial charge in [-0.05, 0) is 52.0 Å². The summed E-state index contributed by atoms with van der Waals surface area (Å²) >= 11 is 0. The normalized spacial score (nSPS) is 32.7. The summed E-state index contributed by atoms with van der Waals surface area (Å²) < 4.78 is 58.6. The van der Waals surface area contributed by atoms with Crippen molar-refractivity contribution >= 4 is 29.8 Å². The molecule has 4 saturated heterocycles. The number of methoxy groups -OCH3 is 3. The molecule has 5 rings (SSSR count). The lowest BCUT2D eigenvalue weighted by molar-refractivity contribution is -0.297. The van der Waals surface area contributed by atoms with Crippen LogP contribution in [0.4, 0.5) is 0 Å². The molecule has 446 valence electrons. The van der Waals surface area contributed by atoms with Crippen LogP contribution in [0.1, 0.15) is 91.2 Å². The number of esters is 3. The summed E-state index contributed by atoms with van der Waals surface area (Å²) in [6.07, 6.45) is -8.71. The SMILES string of the molecule is CCCCCC=CCC=CCCC(CC(=O)OC1CN(C)C(C(OC2OC(CN)C(O)C2O)C2OC(n3ccc(=O)[nH]c3=O)C(O)C2O)C(=O)N(C)C1C(=O)O)OC(=O)CC(C)CC(=O)OC1OC(C)C(OC)C(OC)C1OC. The molecule has 27 nitrogen and oxygen atoms in total. The Morgan fingerprint density at radius 1 is 0.810 bits per heavy atom. The number of aromatic nitrogens is 2. The van der Waals surface area contributed by atoms with Gasteiger partial charge in [0.05, 0.1) is 12.5 Å². The number of hydrogen-bond acceptors (Lipinski definition) is 23. The van der Waals surface area contributed by atoms with E-state index in [2.05, 4.69) is 13.0 Å². The largest absolute Gasteiger partial charge is 0.480 e. The van der Waals surface area contributed by atoms with E-state index in [0.717, 1.165) is 54.5 Å². The number of carboxylic acid groups (broad SMARTS) is 1. The van der Waals surface area contributed by atoms with Gasteiger partial charge < -0.3 is 83.5 Å². The van der Waals surface area contributed by atoms with Gasteiger partial charge in [0.1, 0.15) is 79.3 Å². The second-order valence-electron chi connectivity index (χ2n) is 20.4. The van der Waals surface area contributed by atoms with E-state index in [1.807, 2.05) is 23.2 Å². The minimum absolute atomic E-state index is 0.121. The molecule has 0 saturated carbocycles. The highest BCUT2D eigenvalue weighted by Crippen LogP contribution is 2.37. The second-order valence-corrected chi connectivity index (χ2v) is 20.4. The number of aliphatic hydroxyl groups excluding tert-OH is 4. The highest BCUT2D eigenvalue weighted by Gasteiger charge is 2.57. The fraction of sp³-hybridized carbons (Fsp3) is 0.750. The van der Waals surface area contributed by atoms with E-state index in [1.165, 1.54) is 33.3 Å². The summed E-state index contributed by atoms with van der Waals surface area (Å²) in [4.78, 5) is 97.4. The van der Waals surface area contributed by atoms with Crippen molar-refractivity contribution in [3.8, 4) is 0 Å². The lowest BCUT2D eigenvalue weighted by Gasteiger charge is -2.43. The van der Waals surface area contributed by atoms with Gasteiger partial charge in [-0.3, -0.25) is 38.4 Å². The highest BCUT2D eigenvalue weighted by molar-refractivity contribution is 5.88. The van der Waals surface area contributed by atoms with Gasteiger partial charge in [0.15, 0.2) is 18.6 Å². The van der Waals surface area contributed by atoms with Crippen LogP contribution in [0, 0.1) is 5.92 Å². The fourth-order valence-corrected chi connectivity index (χ4v) is 10.3. The Morgan fingerprint density at radius 3 is 2.09 bits per heavy atom. The zero-order valence-electron chi connectivity index (χ0n) is 46.0. The van der Waals surface area contributed by atoms with Crippen molar-refractivity contribution < 1.29 is 96.9 Å². The predicted octanol–water partition coefficient (Wildman–Crippen LogP) is -1.00. The van der Waals surface area contributed by atoms with Gasteiger partial charge in [0.2, 0.25) is 12.2 Å². The number of amides is 1. The Labute approximate surface area is 457 Å². The number of H-pyrrole nitrogens is 1. The molecule has 79 heavy (non-hydrogen) atoms. The zero-order chi connectivity index (χ0) is 58.2. The van der Waals surface area contributed by atoms with Crippen LogP contribution < -0.4 is 17.0 Å². The Kier molecular flexibility index (Phi) is 25.2. The molecule has 0 spiro atoms. The number of likely N-dealkylation sites (N-methyl/N-ethyl adjacent to an activating group) is 2. The van der Waals surface area contributed by atoms with Crippen LogP contribution in [0.15, 0.2) is 46.2 Å². The van der Waals surface area contributed by atoms with Crippen molar-refractivity contribution in [3.63, 3.8) is 0 Å². The third-order valence-electron chi connectivity index (χ3n) is 14.5. The number of aliphatic hydroxyl groups is 4. The summed E-state index contributed by atoms with van der Waals surface area (Å²) in [7, 11) is 6.83. The average Bonchev–Trinajstić information content (AvgIpc) is 3.93. The van der Waals surface area contributed by atoms with Crippen molar-refractivity contribution in [2.75, 3.05) is 48.5 Å². The summed E-state index contributed by atoms with van der Waals surface area (Å²) in [5.41, 5.74) is 3.93. The molecule has 4 aliphatic rings. The molecule has 0 aliphatic carbocycles. The number of allylic oxidation sites excluding steroid dienone is 4. The lowest BCUT2D eigenvalue weighted by atomic mass is 9.97. The van der Waals surface area contributed by atoms with Gasteiger partial charge >= 0.3 is 29.6 Å². The number of aliphatic carboxylic acids is 1. The predicted molar refractivity (Wildman–Crippen MR) is 274 cm³/mol. The first-order valence-electron chi connectivity index (χ1n) is 26.6.